The molecule has 0 aliphatic heterocycles. The number of hydrogen-bond acceptors (Lipinski definition) is 2. The maximum Gasteiger partial charge on any atom is 0.171 e. The molecule has 6 heteroatoms. The highest BCUT2D eigenvalue weighted by molar-refractivity contribution is 7.80. The van der Waals surface area contributed by atoms with E-state index in [1.807, 2.05) is 73.3 Å². The van der Waals surface area contributed by atoms with E-state index in [0.717, 1.165) is 17.1 Å². The first kappa shape index (κ1) is 17.5. The Balaban J connectivity index is 1.83. The van der Waals surface area contributed by atoms with Gasteiger partial charge >= 0.3 is 0 Å². The van der Waals surface area contributed by atoms with Crippen LogP contribution in [0.1, 0.15) is 23.0 Å². The maximum absolute atomic E-state index is 6.02. The number of anilines is 1. The standard InChI is InChI=1S/C19H19ClN4S/c1-13-4-3-5-16(12-13)22-19(25)23-17(18-21-10-11-24(18)2)14-6-8-15(20)9-7-14/h3-12,17H,1-2H3,(H2,22,23,25)/t17-/m0/s1. The van der Waals surface area contributed by atoms with Crippen molar-refractivity contribution in [2.24, 2.45) is 7.05 Å². The van der Waals surface area contributed by atoms with Gasteiger partial charge in [-0.2, -0.15) is 0 Å². The zero-order valence-corrected chi connectivity index (χ0v) is 15.6. The number of halogens is 1. The van der Waals surface area contributed by atoms with E-state index < -0.39 is 0 Å². The number of thiocarbonyl (C=S) groups is 1. The van der Waals surface area contributed by atoms with E-state index in [-0.39, 0.29) is 6.04 Å². The lowest BCUT2D eigenvalue weighted by Crippen LogP contribution is -2.34. The molecule has 0 saturated heterocycles. The van der Waals surface area contributed by atoms with Gasteiger partial charge in [-0.05, 0) is 54.5 Å². The number of benzene rings is 2. The molecule has 0 bridgehead atoms. The lowest BCUT2D eigenvalue weighted by molar-refractivity contribution is 0.664. The molecule has 0 saturated carbocycles. The summed E-state index contributed by atoms with van der Waals surface area (Å²) in [5.41, 5.74) is 3.16. The van der Waals surface area contributed by atoms with Crippen molar-refractivity contribution in [3.05, 3.63) is 82.9 Å². The summed E-state index contributed by atoms with van der Waals surface area (Å²) in [6, 6.07) is 15.6. The summed E-state index contributed by atoms with van der Waals surface area (Å²) in [4.78, 5) is 4.47. The van der Waals surface area contributed by atoms with Crippen LogP contribution < -0.4 is 10.6 Å². The molecular formula is C19H19ClN4S. The van der Waals surface area contributed by atoms with E-state index in [2.05, 4.69) is 15.6 Å². The van der Waals surface area contributed by atoms with Crippen LogP contribution in [0.3, 0.4) is 0 Å². The van der Waals surface area contributed by atoms with Crippen LogP contribution in [0.25, 0.3) is 0 Å². The topological polar surface area (TPSA) is 41.9 Å². The number of nitrogens with one attached hydrogen (secondary N) is 2. The van der Waals surface area contributed by atoms with Gasteiger partial charge in [-0.15, -0.1) is 0 Å². The fraction of sp³-hybridized carbons (Fsp3) is 0.158. The molecule has 2 N–H and O–H groups in total. The minimum absolute atomic E-state index is 0.179. The van der Waals surface area contributed by atoms with Gasteiger partial charge in [0.25, 0.3) is 0 Å². The molecule has 1 aromatic heterocycles. The van der Waals surface area contributed by atoms with Crippen LogP contribution in [0, 0.1) is 6.92 Å². The Hall–Kier alpha value is -2.37. The minimum Gasteiger partial charge on any atom is -0.348 e. The number of imidazole rings is 1. The van der Waals surface area contributed by atoms with Crippen molar-refractivity contribution in [1.82, 2.24) is 14.9 Å². The zero-order valence-electron chi connectivity index (χ0n) is 14.0. The Labute approximate surface area is 157 Å². The fourth-order valence-corrected chi connectivity index (χ4v) is 2.99. The Morgan fingerprint density at radius 2 is 1.96 bits per heavy atom. The molecule has 0 amide bonds. The van der Waals surface area contributed by atoms with Crippen molar-refractivity contribution in [3.8, 4) is 0 Å². The van der Waals surface area contributed by atoms with Crippen LogP contribution >= 0.6 is 23.8 Å². The summed E-state index contributed by atoms with van der Waals surface area (Å²) in [6.07, 6.45) is 3.69. The Kier molecular flexibility index (Phi) is 5.36. The third-order valence-corrected chi connectivity index (χ3v) is 4.34. The van der Waals surface area contributed by atoms with E-state index in [4.69, 9.17) is 23.8 Å². The monoisotopic (exact) mass is 370 g/mol. The SMILES string of the molecule is Cc1cccc(NC(=S)N[C@@H](c2ccc(Cl)cc2)c2nccn2C)c1. The van der Waals surface area contributed by atoms with Gasteiger partial charge in [-0.3, -0.25) is 0 Å². The van der Waals surface area contributed by atoms with Crippen molar-refractivity contribution >= 4 is 34.6 Å². The Morgan fingerprint density at radius 3 is 2.60 bits per heavy atom. The van der Waals surface area contributed by atoms with E-state index in [1.54, 1.807) is 6.20 Å². The third-order valence-electron chi connectivity index (χ3n) is 3.87. The molecule has 3 rings (SSSR count). The van der Waals surface area contributed by atoms with Gasteiger partial charge in [0, 0.05) is 30.2 Å². The van der Waals surface area contributed by atoms with Gasteiger partial charge in [0.2, 0.25) is 0 Å². The molecule has 0 fully saturated rings. The van der Waals surface area contributed by atoms with E-state index in [9.17, 15) is 0 Å². The van der Waals surface area contributed by atoms with Crippen molar-refractivity contribution in [2.45, 2.75) is 13.0 Å². The molecule has 25 heavy (non-hydrogen) atoms. The van der Waals surface area contributed by atoms with Crippen molar-refractivity contribution < 1.29 is 0 Å². The first-order chi connectivity index (χ1) is 12.0. The normalized spacial score (nSPS) is 11.8. The van der Waals surface area contributed by atoms with E-state index in [1.165, 1.54) is 5.56 Å². The van der Waals surface area contributed by atoms with Gasteiger partial charge < -0.3 is 15.2 Å². The van der Waals surface area contributed by atoms with Crippen LogP contribution in [0.15, 0.2) is 60.9 Å². The van der Waals surface area contributed by atoms with Gasteiger partial charge in [-0.1, -0.05) is 35.9 Å². The molecule has 2 aromatic carbocycles. The van der Waals surface area contributed by atoms with Crippen molar-refractivity contribution in [3.63, 3.8) is 0 Å². The molecule has 0 unspecified atom stereocenters. The summed E-state index contributed by atoms with van der Waals surface area (Å²) >= 11 is 11.5. The average molecular weight is 371 g/mol. The average Bonchev–Trinajstić information content (AvgIpc) is 2.99. The predicted octanol–water partition coefficient (Wildman–Crippen LogP) is 4.46. The molecular weight excluding hydrogens is 352 g/mol. The smallest absolute Gasteiger partial charge is 0.171 e. The summed E-state index contributed by atoms with van der Waals surface area (Å²) in [5, 5.41) is 7.82. The summed E-state index contributed by atoms with van der Waals surface area (Å²) in [5.74, 6) is 0.871. The highest BCUT2D eigenvalue weighted by Crippen LogP contribution is 2.22. The predicted molar refractivity (Wildman–Crippen MR) is 107 cm³/mol. The second-order valence-corrected chi connectivity index (χ2v) is 6.69. The number of nitrogens with zero attached hydrogens (tertiary/aromatic N) is 2. The second kappa shape index (κ2) is 7.68. The third kappa shape index (κ3) is 4.38. The van der Waals surface area contributed by atoms with Crippen molar-refractivity contribution in [2.75, 3.05) is 5.32 Å². The summed E-state index contributed by atoms with van der Waals surface area (Å²) in [7, 11) is 1.96. The summed E-state index contributed by atoms with van der Waals surface area (Å²) < 4.78 is 1.97. The van der Waals surface area contributed by atoms with Crippen LogP contribution in [0.2, 0.25) is 5.02 Å². The molecule has 0 aliphatic carbocycles. The number of aryl methyl sites for hydroxylation is 2. The van der Waals surface area contributed by atoms with Gasteiger partial charge in [0.15, 0.2) is 5.11 Å². The highest BCUT2D eigenvalue weighted by atomic mass is 35.5. The number of aromatic nitrogens is 2. The highest BCUT2D eigenvalue weighted by Gasteiger charge is 2.19. The van der Waals surface area contributed by atoms with E-state index in [0.29, 0.717) is 10.1 Å². The molecule has 128 valence electrons. The van der Waals surface area contributed by atoms with Gasteiger partial charge in [0.05, 0.1) is 0 Å². The molecule has 3 aromatic rings. The molecule has 1 atom stereocenters. The molecule has 4 nitrogen and oxygen atoms in total. The van der Waals surface area contributed by atoms with Gasteiger partial charge in [-0.25, -0.2) is 4.98 Å². The lowest BCUT2D eigenvalue weighted by Gasteiger charge is -2.21. The number of rotatable bonds is 4. The second-order valence-electron chi connectivity index (χ2n) is 5.85. The van der Waals surface area contributed by atoms with E-state index >= 15 is 0 Å². The fourth-order valence-electron chi connectivity index (χ4n) is 2.63. The Bertz CT molecular complexity index is 873. The Morgan fingerprint density at radius 1 is 1.20 bits per heavy atom. The lowest BCUT2D eigenvalue weighted by atomic mass is 10.1. The van der Waals surface area contributed by atoms with Gasteiger partial charge in [0.1, 0.15) is 11.9 Å². The molecule has 0 radical (unpaired) electrons. The van der Waals surface area contributed by atoms with Crippen molar-refractivity contribution in [1.29, 1.82) is 0 Å². The quantitative estimate of drug-likeness (QED) is 0.665. The number of hydrogen-bond donors (Lipinski definition) is 2. The maximum atomic E-state index is 6.02. The molecule has 1 heterocycles. The van der Waals surface area contributed by atoms with Crippen LogP contribution in [-0.2, 0) is 7.05 Å². The first-order valence-corrected chi connectivity index (χ1v) is 8.68. The molecule has 0 spiro atoms. The van der Waals surface area contributed by atoms with Crippen LogP contribution in [0.4, 0.5) is 5.69 Å². The largest absolute Gasteiger partial charge is 0.348 e. The summed E-state index contributed by atoms with van der Waals surface area (Å²) in [6.45, 7) is 2.05. The van der Waals surface area contributed by atoms with Crippen LogP contribution in [-0.4, -0.2) is 14.7 Å². The first-order valence-electron chi connectivity index (χ1n) is 7.90. The minimum atomic E-state index is -0.179. The zero-order chi connectivity index (χ0) is 17.8. The van der Waals surface area contributed by atoms with Crippen LogP contribution in [0.5, 0.6) is 0 Å². The molecule has 0 aliphatic rings.